The molecule has 4 rings (SSSR count). The molecule has 13 heavy (non-hydrogen) atoms. The van der Waals surface area contributed by atoms with Gasteiger partial charge in [-0.2, -0.15) is 0 Å². The van der Waals surface area contributed by atoms with E-state index in [2.05, 4.69) is 13.8 Å². The Bertz CT molecular complexity index is 207. The fourth-order valence-electron chi connectivity index (χ4n) is 5.04. The SMILES string of the molecule is CC12C[C]3CC(C)(C1)CC(O)(C3)C2. The Balaban J connectivity index is 2.03. The van der Waals surface area contributed by atoms with E-state index in [0.29, 0.717) is 10.8 Å². The van der Waals surface area contributed by atoms with E-state index in [4.69, 9.17) is 0 Å². The van der Waals surface area contributed by atoms with E-state index in [-0.39, 0.29) is 5.60 Å². The largest absolute Gasteiger partial charge is 0.390 e. The van der Waals surface area contributed by atoms with Gasteiger partial charge in [0.1, 0.15) is 0 Å². The van der Waals surface area contributed by atoms with E-state index in [0.717, 1.165) is 19.3 Å². The van der Waals surface area contributed by atoms with Gasteiger partial charge in [0.15, 0.2) is 0 Å². The van der Waals surface area contributed by atoms with Crippen LogP contribution >= 0.6 is 0 Å². The summed E-state index contributed by atoms with van der Waals surface area (Å²) in [6.45, 7) is 4.74. The second-order valence-corrected chi connectivity index (χ2v) is 6.66. The summed E-state index contributed by atoms with van der Waals surface area (Å²) in [6.07, 6.45) is 7.05. The molecular formula is C12H19O. The molecule has 1 radical (unpaired) electrons. The summed E-state index contributed by atoms with van der Waals surface area (Å²) in [5, 5.41) is 10.4. The fourth-order valence-corrected chi connectivity index (χ4v) is 5.04. The van der Waals surface area contributed by atoms with Crippen LogP contribution in [0.1, 0.15) is 52.4 Å². The molecule has 0 aromatic rings. The van der Waals surface area contributed by atoms with Gasteiger partial charge in [0.2, 0.25) is 0 Å². The molecule has 0 spiro atoms. The minimum absolute atomic E-state index is 0.312. The number of rotatable bonds is 0. The smallest absolute Gasteiger partial charge is 0.0663 e. The number of hydrogen-bond acceptors (Lipinski definition) is 1. The molecule has 4 saturated carbocycles. The standard InChI is InChI=1S/C12H19O/c1-10-3-9-4-11(2,6-10)8-12(13,5-9)7-10/h13H,3-8H2,1-2H3. The van der Waals surface area contributed by atoms with Gasteiger partial charge in [-0.25, -0.2) is 0 Å². The third-order valence-electron chi connectivity index (χ3n) is 4.30. The summed E-state index contributed by atoms with van der Waals surface area (Å²) in [7, 11) is 0. The van der Waals surface area contributed by atoms with Gasteiger partial charge in [0.05, 0.1) is 5.60 Å². The molecule has 1 heteroatoms. The lowest BCUT2D eigenvalue weighted by atomic mass is 9.44. The van der Waals surface area contributed by atoms with Crippen molar-refractivity contribution in [3.05, 3.63) is 5.92 Å². The van der Waals surface area contributed by atoms with Crippen molar-refractivity contribution in [3.8, 4) is 0 Å². The van der Waals surface area contributed by atoms with Crippen molar-refractivity contribution < 1.29 is 5.11 Å². The van der Waals surface area contributed by atoms with E-state index < -0.39 is 0 Å². The van der Waals surface area contributed by atoms with E-state index >= 15 is 0 Å². The second-order valence-electron chi connectivity index (χ2n) is 6.66. The van der Waals surface area contributed by atoms with E-state index in [9.17, 15) is 5.11 Å². The van der Waals surface area contributed by atoms with Crippen LogP contribution in [-0.4, -0.2) is 10.7 Å². The minimum atomic E-state index is -0.312. The predicted octanol–water partition coefficient (Wildman–Crippen LogP) is 2.69. The average molecular weight is 179 g/mol. The highest BCUT2D eigenvalue weighted by atomic mass is 16.3. The third kappa shape index (κ3) is 1.09. The first-order valence-electron chi connectivity index (χ1n) is 5.47. The fraction of sp³-hybridized carbons (Fsp3) is 0.917. The van der Waals surface area contributed by atoms with Gasteiger partial charge in [-0.15, -0.1) is 0 Å². The molecule has 2 unspecified atom stereocenters. The van der Waals surface area contributed by atoms with Crippen molar-refractivity contribution in [1.29, 1.82) is 0 Å². The van der Waals surface area contributed by atoms with Gasteiger partial charge in [0.25, 0.3) is 0 Å². The lowest BCUT2D eigenvalue weighted by Gasteiger charge is -2.63. The highest BCUT2D eigenvalue weighted by Crippen LogP contribution is 2.66. The van der Waals surface area contributed by atoms with Gasteiger partial charge in [-0.3, -0.25) is 0 Å². The van der Waals surface area contributed by atoms with Crippen LogP contribution in [0.5, 0.6) is 0 Å². The number of hydrogen-bond donors (Lipinski definition) is 1. The molecule has 0 amide bonds. The van der Waals surface area contributed by atoms with Crippen LogP contribution in [0.25, 0.3) is 0 Å². The number of aliphatic hydroxyl groups is 1. The van der Waals surface area contributed by atoms with Crippen molar-refractivity contribution in [1.82, 2.24) is 0 Å². The van der Waals surface area contributed by atoms with Crippen LogP contribution in [0.3, 0.4) is 0 Å². The summed E-state index contributed by atoms with van der Waals surface area (Å²) < 4.78 is 0. The molecule has 1 nitrogen and oxygen atoms in total. The van der Waals surface area contributed by atoms with E-state index in [1.165, 1.54) is 19.3 Å². The third-order valence-corrected chi connectivity index (χ3v) is 4.30. The summed E-state index contributed by atoms with van der Waals surface area (Å²) in [5.74, 6) is 1.65. The molecule has 4 fully saturated rings. The lowest BCUT2D eigenvalue weighted by Crippen LogP contribution is -2.57. The Hall–Kier alpha value is -0.0400. The van der Waals surface area contributed by atoms with Crippen molar-refractivity contribution in [2.45, 2.75) is 58.0 Å². The Labute approximate surface area is 80.5 Å². The maximum Gasteiger partial charge on any atom is 0.0663 e. The highest BCUT2D eigenvalue weighted by molar-refractivity contribution is 5.21. The second kappa shape index (κ2) is 1.98. The zero-order valence-corrected chi connectivity index (χ0v) is 8.69. The van der Waals surface area contributed by atoms with Crippen LogP contribution < -0.4 is 0 Å². The zero-order chi connectivity index (χ0) is 9.32. The summed E-state index contributed by atoms with van der Waals surface area (Å²) in [5.41, 5.74) is 0.564. The first-order chi connectivity index (χ1) is 5.91. The van der Waals surface area contributed by atoms with E-state index in [1.54, 1.807) is 5.92 Å². The molecule has 1 N–H and O–H groups in total. The van der Waals surface area contributed by atoms with Crippen LogP contribution in [0.15, 0.2) is 0 Å². The molecule has 4 bridgehead atoms. The average Bonchev–Trinajstić information content (AvgIpc) is 1.71. The Morgan fingerprint density at radius 3 is 1.85 bits per heavy atom. The van der Waals surface area contributed by atoms with Gasteiger partial charge < -0.3 is 5.11 Å². The summed E-state index contributed by atoms with van der Waals surface area (Å²) in [4.78, 5) is 0. The van der Waals surface area contributed by atoms with Crippen LogP contribution in [0.2, 0.25) is 0 Å². The van der Waals surface area contributed by atoms with Gasteiger partial charge in [-0.05, 0) is 55.3 Å². The van der Waals surface area contributed by atoms with Gasteiger partial charge in [-0.1, -0.05) is 13.8 Å². The van der Waals surface area contributed by atoms with Crippen LogP contribution in [0.4, 0.5) is 0 Å². The van der Waals surface area contributed by atoms with Crippen molar-refractivity contribution in [2.75, 3.05) is 0 Å². The molecule has 0 heterocycles. The summed E-state index contributed by atoms with van der Waals surface area (Å²) >= 11 is 0. The minimum Gasteiger partial charge on any atom is -0.390 e. The molecule has 0 aliphatic heterocycles. The maximum atomic E-state index is 10.4. The first kappa shape index (κ1) is 8.28. The van der Waals surface area contributed by atoms with Crippen molar-refractivity contribution in [2.24, 2.45) is 10.8 Å². The quantitative estimate of drug-likeness (QED) is 0.606. The van der Waals surface area contributed by atoms with Gasteiger partial charge in [0, 0.05) is 0 Å². The maximum absolute atomic E-state index is 10.4. The van der Waals surface area contributed by atoms with Gasteiger partial charge >= 0.3 is 0 Å². The molecule has 0 aromatic carbocycles. The van der Waals surface area contributed by atoms with Crippen LogP contribution in [0, 0.1) is 16.7 Å². The zero-order valence-electron chi connectivity index (χ0n) is 8.69. The molecule has 0 saturated heterocycles. The molecule has 4 aliphatic rings. The Morgan fingerprint density at radius 2 is 1.46 bits per heavy atom. The Kier molecular flexibility index (Phi) is 1.26. The molecule has 2 atom stereocenters. The highest BCUT2D eigenvalue weighted by Gasteiger charge is 2.59. The molecule has 4 aliphatic carbocycles. The predicted molar refractivity (Wildman–Crippen MR) is 52.1 cm³/mol. The topological polar surface area (TPSA) is 20.2 Å². The first-order valence-corrected chi connectivity index (χ1v) is 5.47. The summed E-state index contributed by atoms with van der Waals surface area (Å²) in [6, 6.07) is 0. The molecule has 0 aromatic heterocycles. The molecule has 73 valence electrons. The molecular weight excluding hydrogens is 160 g/mol. The monoisotopic (exact) mass is 179 g/mol. The van der Waals surface area contributed by atoms with Crippen molar-refractivity contribution >= 4 is 0 Å². The lowest BCUT2D eigenvalue weighted by molar-refractivity contribution is -0.151. The van der Waals surface area contributed by atoms with Crippen LogP contribution in [-0.2, 0) is 0 Å². The normalized spacial score (nSPS) is 60.2. The van der Waals surface area contributed by atoms with E-state index in [1.807, 2.05) is 0 Å². The van der Waals surface area contributed by atoms with Crippen molar-refractivity contribution in [3.63, 3.8) is 0 Å². The Morgan fingerprint density at radius 1 is 0.923 bits per heavy atom.